The van der Waals surface area contributed by atoms with E-state index in [0.29, 0.717) is 6.42 Å². The Morgan fingerprint density at radius 1 is 1.41 bits per heavy atom. The van der Waals surface area contributed by atoms with E-state index in [1.807, 2.05) is 36.4 Å². The minimum absolute atomic E-state index is 0.00120. The standard InChI is InChI=1S/C18H19NO3/c1-12(21)14-8-5-6-13(10-11-20)18(14)15-7-3-4-9-16(15)19(2)17(18)22/h3-7,9,11,13-14H,8,10H2,1-2H3/t13-,14-,18+/m1/s1. The van der Waals surface area contributed by atoms with Crippen LogP contribution in [0.3, 0.4) is 0 Å². The number of nitrogens with zero attached hydrogens (tertiary/aromatic N) is 1. The monoisotopic (exact) mass is 297 g/mol. The van der Waals surface area contributed by atoms with Crippen molar-refractivity contribution in [2.24, 2.45) is 11.8 Å². The molecule has 0 saturated heterocycles. The molecule has 22 heavy (non-hydrogen) atoms. The lowest BCUT2D eigenvalue weighted by Crippen LogP contribution is -2.53. The third-order valence-corrected chi connectivity index (χ3v) is 5.09. The average molecular weight is 297 g/mol. The summed E-state index contributed by atoms with van der Waals surface area (Å²) in [5, 5.41) is 0. The number of allylic oxidation sites excluding steroid dienone is 2. The Balaban J connectivity index is 2.30. The minimum atomic E-state index is -0.938. The molecule has 0 radical (unpaired) electrons. The highest BCUT2D eigenvalue weighted by Gasteiger charge is 2.60. The molecule has 1 aliphatic carbocycles. The number of carbonyl (C=O) groups is 3. The second-order valence-electron chi connectivity index (χ2n) is 6.09. The number of hydrogen-bond donors (Lipinski definition) is 0. The Morgan fingerprint density at radius 2 is 2.14 bits per heavy atom. The molecule has 0 aromatic heterocycles. The van der Waals surface area contributed by atoms with Gasteiger partial charge in [-0.3, -0.25) is 9.59 Å². The lowest BCUT2D eigenvalue weighted by atomic mass is 9.58. The molecule has 114 valence electrons. The first-order valence-corrected chi connectivity index (χ1v) is 7.53. The number of rotatable bonds is 3. The summed E-state index contributed by atoms with van der Waals surface area (Å²) in [6, 6.07) is 7.59. The Labute approximate surface area is 129 Å². The maximum absolute atomic E-state index is 13.2. The van der Waals surface area contributed by atoms with Crippen molar-refractivity contribution >= 4 is 23.7 Å². The second kappa shape index (κ2) is 5.20. The summed E-state index contributed by atoms with van der Waals surface area (Å²) in [6.45, 7) is 1.54. The van der Waals surface area contributed by atoms with E-state index in [1.165, 1.54) is 6.92 Å². The van der Waals surface area contributed by atoms with Crippen molar-refractivity contribution in [2.75, 3.05) is 11.9 Å². The molecule has 0 N–H and O–H groups in total. The Kier molecular flexibility index (Phi) is 3.47. The number of aldehydes is 1. The zero-order valence-electron chi connectivity index (χ0n) is 12.8. The van der Waals surface area contributed by atoms with Crippen LogP contribution in [0, 0.1) is 11.8 Å². The fraction of sp³-hybridized carbons (Fsp3) is 0.389. The first-order chi connectivity index (χ1) is 10.5. The summed E-state index contributed by atoms with van der Waals surface area (Å²) in [4.78, 5) is 38.2. The van der Waals surface area contributed by atoms with Crippen LogP contribution in [0.5, 0.6) is 0 Å². The zero-order valence-corrected chi connectivity index (χ0v) is 12.8. The Hall–Kier alpha value is -2.23. The SMILES string of the molecule is CC(=O)[C@H]1CC=C[C@H](CC=O)[C@]12C(=O)N(C)c1ccccc12. The summed E-state index contributed by atoms with van der Waals surface area (Å²) in [5.41, 5.74) is 0.774. The van der Waals surface area contributed by atoms with Gasteiger partial charge in [-0.05, 0) is 25.0 Å². The number of ketones is 1. The summed E-state index contributed by atoms with van der Waals surface area (Å²) in [7, 11) is 1.74. The smallest absolute Gasteiger partial charge is 0.238 e. The number of para-hydroxylation sites is 1. The molecule has 4 heteroatoms. The van der Waals surface area contributed by atoms with E-state index in [1.54, 1.807) is 11.9 Å². The van der Waals surface area contributed by atoms with Gasteiger partial charge in [0.05, 0.1) is 5.41 Å². The highest BCUT2D eigenvalue weighted by atomic mass is 16.2. The van der Waals surface area contributed by atoms with Crippen LogP contribution >= 0.6 is 0 Å². The summed E-state index contributed by atoms with van der Waals surface area (Å²) in [5.74, 6) is -0.767. The van der Waals surface area contributed by atoms with Crippen LogP contribution in [0.4, 0.5) is 5.69 Å². The molecule has 0 fully saturated rings. The van der Waals surface area contributed by atoms with Gasteiger partial charge in [-0.1, -0.05) is 30.4 Å². The largest absolute Gasteiger partial charge is 0.314 e. The van der Waals surface area contributed by atoms with Gasteiger partial charge >= 0.3 is 0 Å². The van der Waals surface area contributed by atoms with E-state index in [0.717, 1.165) is 17.5 Å². The van der Waals surface area contributed by atoms with Crippen LogP contribution in [0.1, 0.15) is 25.3 Å². The van der Waals surface area contributed by atoms with Gasteiger partial charge in [0.25, 0.3) is 0 Å². The molecule has 1 amide bonds. The van der Waals surface area contributed by atoms with Crippen LogP contribution in [0.15, 0.2) is 36.4 Å². The molecule has 2 aliphatic rings. The van der Waals surface area contributed by atoms with Gasteiger partial charge in [-0.15, -0.1) is 0 Å². The predicted molar refractivity (Wildman–Crippen MR) is 83.6 cm³/mol. The van der Waals surface area contributed by atoms with Crippen molar-refractivity contribution in [3.8, 4) is 0 Å². The molecule has 1 heterocycles. The van der Waals surface area contributed by atoms with Gasteiger partial charge in [0.2, 0.25) is 5.91 Å². The Morgan fingerprint density at radius 3 is 2.82 bits per heavy atom. The molecule has 1 aromatic carbocycles. The lowest BCUT2D eigenvalue weighted by molar-refractivity contribution is -0.135. The number of benzene rings is 1. The highest BCUT2D eigenvalue weighted by molar-refractivity contribution is 6.11. The topological polar surface area (TPSA) is 54.5 Å². The van der Waals surface area contributed by atoms with E-state index in [9.17, 15) is 14.4 Å². The third-order valence-electron chi connectivity index (χ3n) is 5.09. The molecule has 1 aliphatic heterocycles. The van der Waals surface area contributed by atoms with Crippen molar-refractivity contribution in [1.29, 1.82) is 0 Å². The first kappa shape index (κ1) is 14.7. The second-order valence-corrected chi connectivity index (χ2v) is 6.09. The minimum Gasteiger partial charge on any atom is -0.314 e. The Bertz CT molecular complexity index is 679. The molecule has 1 spiro atoms. The van der Waals surface area contributed by atoms with Crippen LogP contribution in [-0.4, -0.2) is 25.0 Å². The van der Waals surface area contributed by atoms with Crippen LogP contribution in [0.2, 0.25) is 0 Å². The molecule has 3 atom stereocenters. The fourth-order valence-electron chi connectivity index (χ4n) is 4.14. The first-order valence-electron chi connectivity index (χ1n) is 7.53. The number of carbonyl (C=O) groups excluding carboxylic acids is 3. The van der Waals surface area contributed by atoms with Crippen molar-refractivity contribution in [2.45, 2.75) is 25.2 Å². The summed E-state index contributed by atoms with van der Waals surface area (Å²) in [6.07, 6.45) is 5.49. The molecule has 0 bridgehead atoms. The van der Waals surface area contributed by atoms with Gasteiger partial charge in [0, 0.05) is 31.0 Å². The summed E-state index contributed by atoms with van der Waals surface area (Å²) >= 11 is 0. The lowest BCUT2D eigenvalue weighted by Gasteiger charge is -2.42. The molecule has 3 rings (SSSR count). The van der Waals surface area contributed by atoms with Gasteiger partial charge < -0.3 is 9.69 Å². The third kappa shape index (κ3) is 1.73. The quantitative estimate of drug-likeness (QED) is 0.635. The van der Waals surface area contributed by atoms with Crippen LogP contribution in [0.25, 0.3) is 0 Å². The van der Waals surface area contributed by atoms with Crippen molar-refractivity contribution < 1.29 is 14.4 Å². The van der Waals surface area contributed by atoms with Crippen LogP contribution < -0.4 is 4.90 Å². The van der Waals surface area contributed by atoms with E-state index in [-0.39, 0.29) is 24.0 Å². The average Bonchev–Trinajstić information content (AvgIpc) is 2.73. The number of fused-ring (bicyclic) bond motifs is 2. The predicted octanol–water partition coefficient (Wildman–Crippen LogP) is 2.27. The van der Waals surface area contributed by atoms with Crippen molar-refractivity contribution in [3.05, 3.63) is 42.0 Å². The van der Waals surface area contributed by atoms with Gasteiger partial charge in [-0.2, -0.15) is 0 Å². The number of anilines is 1. The van der Waals surface area contributed by atoms with Gasteiger partial charge in [-0.25, -0.2) is 0 Å². The number of hydrogen-bond acceptors (Lipinski definition) is 3. The molecular formula is C18H19NO3. The van der Waals surface area contributed by atoms with E-state index < -0.39 is 11.3 Å². The highest BCUT2D eigenvalue weighted by Crippen LogP contribution is 2.54. The van der Waals surface area contributed by atoms with Crippen molar-refractivity contribution in [3.63, 3.8) is 0 Å². The van der Waals surface area contributed by atoms with Gasteiger partial charge in [0.1, 0.15) is 12.1 Å². The zero-order chi connectivity index (χ0) is 15.9. The molecule has 0 saturated carbocycles. The maximum Gasteiger partial charge on any atom is 0.238 e. The molecule has 0 unspecified atom stereocenters. The molecular weight excluding hydrogens is 278 g/mol. The number of Topliss-reactive ketones (excluding diaryl/α,β-unsaturated/α-hetero) is 1. The maximum atomic E-state index is 13.2. The summed E-state index contributed by atoms with van der Waals surface area (Å²) < 4.78 is 0. The molecule has 4 nitrogen and oxygen atoms in total. The van der Waals surface area contributed by atoms with Crippen LogP contribution in [-0.2, 0) is 19.8 Å². The fourth-order valence-corrected chi connectivity index (χ4v) is 4.14. The van der Waals surface area contributed by atoms with E-state index in [2.05, 4.69) is 0 Å². The number of likely N-dealkylation sites (N-methyl/N-ethyl adjacent to an activating group) is 1. The normalized spacial score (nSPS) is 29.7. The van der Waals surface area contributed by atoms with E-state index in [4.69, 9.17) is 0 Å². The number of amides is 1. The van der Waals surface area contributed by atoms with Gasteiger partial charge in [0.15, 0.2) is 0 Å². The van der Waals surface area contributed by atoms with Crippen molar-refractivity contribution in [1.82, 2.24) is 0 Å². The van der Waals surface area contributed by atoms with E-state index >= 15 is 0 Å². The molecule has 1 aromatic rings.